The van der Waals surface area contributed by atoms with Crippen LogP contribution in [0.25, 0.3) is 27.5 Å². The van der Waals surface area contributed by atoms with E-state index < -0.39 is 0 Å². The van der Waals surface area contributed by atoms with Crippen molar-refractivity contribution in [3.8, 4) is 6.07 Å². The third-order valence-corrected chi connectivity index (χ3v) is 6.56. The second-order valence-corrected chi connectivity index (χ2v) is 8.43. The Labute approximate surface area is 180 Å². The summed E-state index contributed by atoms with van der Waals surface area (Å²) in [6.07, 6.45) is 1.88. The molecule has 0 aliphatic heterocycles. The van der Waals surface area contributed by atoms with E-state index in [9.17, 15) is 5.26 Å². The van der Waals surface area contributed by atoms with Gasteiger partial charge in [-0.2, -0.15) is 5.26 Å². The van der Waals surface area contributed by atoms with Gasteiger partial charge in [0, 0.05) is 5.75 Å². The number of fused-ring (bicyclic) bond motifs is 4. The summed E-state index contributed by atoms with van der Waals surface area (Å²) in [4.78, 5) is 4.82. The van der Waals surface area contributed by atoms with E-state index in [0.29, 0.717) is 5.56 Å². The standard InChI is InChI=1S/C26H21N3S/c1-2-8-19-15-25(30-17-20-11-7-10-18-9-3-4-12-21(18)20)29-24-14-6-5-13-23(24)28-26(29)22(19)16-27/h3-7,9-15H,2,8,17H2,1H3. The molecule has 0 amide bonds. The van der Waals surface area contributed by atoms with Crippen LogP contribution in [-0.2, 0) is 12.2 Å². The van der Waals surface area contributed by atoms with Crippen molar-refractivity contribution < 1.29 is 0 Å². The minimum absolute atomic E-state index is 0.697. The molecular weight excluding hydrogens is 386 g/mol. The van der Waals surface area contributed by atoms with Crippen molar-refractivity contribution in [2.45, 2.75) is 30.5 Å². The molecule has 146 valence electrons. The van der Waals surface area contributed by atoms with Crippen molar-refractivity contribution >= 4 is 39.2 Å². The fourth-order valence-corrected chi connectivity index (χ4v) is 5.21. The molecule has 0 atom stereocenters. The molecule has 5 rings (SSSR count). The molecule has 3 nitrogen and oxygen atoms in total. The zero-order chi connectivity index (χ0) is 20.5. The summed E-state index contributed by atoms with van der Waals surface area (Å²) in [7, 11) is 0. The lowest BCUT2D eigenvalue weighted by Gasteiger charge is -2.12. The van der Waals surface area contributed by atoms with Crippen LogP contribution < -0.4 is 0 Å². The van der Waals surface area contributed by atoms with E-state index in [-0.39, 0.29) is 0 Å². The van der Waals surface area contributed by atoms with E-state index in [2.05, 4.69) is 72.0 Å². The lowest BCUT2D eigenvalue weighted by atomic mass is 10.1. The monoisotopic (exact) mass is 407 g/mol. The second-order valence-electron chi connectivity index (χ2n) is 7.43. The SMILES string of the molecule is CCCc1cc(SCc2cccc3ccccc23)n2c(nc3ccccc32)c1C#N. The zero-order valence-corrected chi connectivity index (χ0v) is 17.6. The van der Waals surface area contributed by atoms with Crippen LogP contribution in [0.3, 0.4) is 0 Å². The van der Waals surface area contributed by atoms with Crippen molar-refractivity contribution in [1.82, 2.24) is 9.38 Å². The van der Waals surface area contributed by atoms with Gasteiger partial charge in [0.1, 0.15) is 6.07 Å². The molecule has 2 aromatic heterocycles. The van der Waals surface area contributed by atoms with Gasteiger partial charge < -0.3 is 0 Å². The van der Waals surface area contributed by atoms with Gasteiger partial charge in [-0.1, -0.05) is 67.9 Å². The molecule has 5 aromatic rings. The Hall–Kier alpha value is -3.29. The number of hydrogen-bond donors (Lipinski definition) is 0. The Bertz CT molecular complexity index is 1420. The average molecular weight is 408 g/mol. The number of hydrogen-bond acceptors (Lipinski definition) is 3. The summed E-state index contributed by atoms with van der Waals surface area (Å²) in [6, 6.07) is 27.7. The summed E-state index contributed by atoms with van der Waals surface area (Å²) in [5.74, 6) is 0.862. The summed E-state index contributed by atoms with van der Waals surface area (Å²) in [5, 5.41) is 13.6. The number of pyridine rings is 1. The highest BCUT2D eigenvalue weighted by Gasteiger charge is 2.17. The predicted molar refractivity (Wildman–Crippen MR) is 125 cm³/mol. The summed E-state index contributed by atoms with van der Waals surface area (Å²) in [6.45, 7) is 2.15. The van der Waals surface area contributed by atoms with E-state index in [1.807, 2.05) is 30.0 Å². The average Bonchev–Trinajstić information content (AvgIpc) is 3.17. The number of para-hydroxylation sites is 2. The van der Waals surface area contributed by atoms with Crippen molar-refractivity contribution in [2.75, 3.05) is 0 Å². The van der Waals surface area contributed by atoms with Gasteiger partial charge in [-0.15, -0.1) is 11.8 Å². The fraction of sp³-hybridized carbons (Fsp3) is 0.154. The first-order chi connectivity index (χ1) is 14.8. The first-order valence-electron chi connectivity index (χ1n) is 10.2. The van der Waals surface area contributed by atoms with Crippen molar-refractivity contribution in [1.29, 1.82) is 5.26 Å². The fourth-order valence-electron chi connectivity index (χ4n) is 4.11. The van der Waals surface area contributed by atoms with Gasteiger partial charge in [0.2, 0.25) is 0 Å². The topological polar surface area (TPSA) is 41.1 Å². The molecule has 3 aromatic carbocycles. The van der Waals surface area contributed by atoms with Crippen LogP contribution in [0, 0.1) is 11.3 Å². The van der Waals surface area contributed by atoms with Crippen molar-refractivity contribution in [3.05, 3.63) is 89.5 Å². The minimum atomic E-state index is 0.697. The van der Waals surface area contributed by atoms with Crippen LogP contribution in [0.4, 0.5) is 0 Å². The maximum absolute atomic E-state index is 9.88. The summed E-state index contributed by atoms with van der Waals surface area (Å²) < 4.78 is 2.16. The van der Waals surface area contributed by atoms with E-state index in [4.69, 9.17) is 4.98 Å². The molecule has 30 heavy (non-hydrogen) atoms. The van der Waals surface area contributed by atoms with Crippen molar-refractivity contribution in [3.63, 3.8) is 0 Å². The normalized spacial score (nSPS) is 11.3. The molecule has 0 bridgehead atoms. The number of rotatable bonds is 5. The molecule has 0 saturated carbocycles. The third-order valence-electron chi connectivity index (χ3n) is 5.51. The molecule has 0 spiro atoms. The van der Waals surface area contributed by atoms with Gasteiger partial charge in [-0.3, -0.25) is 4.40 Å². The smallest absolute Gasteiger partial charge is 0.157 e. The maximum Gasteiger partial charge on any atom is 0.157 e. The van der Waals surface area contributed by atoms with Gasteiger partial charge >= 0.3 is 0 Å². The Morgan fingerprint density at radius 2 is 1.77 bits per heavy atom. The van der Waals surface area contributed by atoms with Crippen LogP contribution in [0.1, 0.15) is 30.0 Å². The van der Waals surface area contributed by atoms with E-state index in [0.717, 1.165) is 45.9 Å². The number of benzene rings is 3. The molecule has 0 aliphatic rings. The van der Waals surface area contributed by atoms with E-state index in [1.54, 1.807) is 0 Å². The first-order valence-corrected chi connectivity index (χ1v) is 11.2. The highest BCUT2D eigenvalue weighted by molar-refractivity contribution is 7.98. The van der Waals surface area contributed by atoms with Crippen LogP contribution >= 0.6 is 11.8 Å². The maximum atomic E-state index is 9.88. The van der Waals surface area contributed by atoms with Crippen LogP contribution in [-0.4, -0.2) is 9.38 Å². The number of thioether (sulfide) groups is 1. The molecule has 0 radical (unpaired) electrons. The van der Waals surface area contributed by atoms with E-state index >= 15 is 0 Å². The molecule has 2 heterocycles. The summed E-state index contributed by atoms with van der Waals surface area (Å²) >= 11 is 1.81. The Balaban J connectivity index is 1.67. The third kappa shape index (κ3) is 3.12. The molecule has 0 saturated heterocycles. The number of imidazole rings is 1. The Morgan fingerprint density at radius 1 is 0.967 bits per heavy atom. The van der Waals surface area contributed by atoms with Crippen LogP contribution in [0.2, 0.25) is 0 Å². The second kappa shape index (κ2) is 7.85. The highest BCUT2D eigenvalue weighted by Crippen LogP contribution is 2.33. The molecule has 0 fully saturated rings. The van der Waals surface area contributed by atoms with Gasteiger partial charge in [-0.05, 0) is 46.5 Å². The largest absolute Gasteiger partial charge is 0.286 e. The van der Waals surface area contributed by atoms with Gasteiger partial charge in [0.25, 0.3) is 0 Å². The Morgan fingerprint density at radius 3 is 2.63 bits per heavy atom. The summed E-state index contributed by atoms with van der Waals surface area (Å²) in [5.41, 5.74) is 5.84. The molecular formula is C26H21N3S. The highest BCUT2D eigenvalue weighted by atomic mass is 32.2. The van der Waals surface area contributed by atoms with E-state index in [1.165, 1.54) is 16.3 Å². The van der Waals surface area contributed by atoms with Crippen molar-refractivity contribution in [2.24, 2.45) is 0 Å². The number of aromatic nitrogens is 2. The lowest BCUT2D eigenvalue weighted by Crippen LogP contribution is -2.00. The quantitative estimate of drug-likeness (QED) is 0.302. The molecule has 0 N–H and O–H groups in total. The first kappa shape index (κ1) is 18.7. The van der Waals surface area contributed by atoms with Gasteiger partial charge in [0.05, 0.1) is 21.6 Å². The number of nitriles is 1. The number of aryl methyl sites for hydroxylation is 1. The molecule has 0 aliphatic carbocycles. The zero-order valence-electron chi connectivity index (χ0n) is 16.8. The lowest BCUT2D eigenvalue weighted by molar-refractivity contribution is 0.899. The minimum Gasteiger partial charge on any atom is -0.286 e. The van der Waals surface area contributed by atoms with Gasteiger partial charge in [0.15, 0.2) is 5.65 Å². The van der Waals surface area contributed by atoms with Crippen LogP contribution in [0.15, 0.2) is 77.8 Å². The number of nitrogens with zero attached hydrogens (tertiary/aromatic N) is 3. The predicted octanol–water partition coefficient (Wildman–Crippen LogP) is 6.76. The Kier molecular flexibility index (Phi) is 4.90. The van der Waals surface area contributed by atoms with Gasteiger partial charge in [-0.25, -0.2) is 4.98 Å². The van der Waals surface area contributed by atoms with Crippen LogP contribution in [0.5, 0.6) is 0 Å². The molecule has 4 heteroatoms. The molecule has 0 unspecified atom stereocenters.